The quantitative estimate of drug-likeness (QED) is 0.453. The van der Waals surface area contributed by atoms with Gasteiger partial charge in [0.2, 0.25) is 0 Å². The van der Waals surface area contributed by atoms with Gasteiger partial charge < -0.3 is 19.5 Å². The predicted molar refractivity (Wildman–Crippen MR) is 138 cm³/mol. The van der Waals surface area contributed by atoms with Crippen LogP contribution in [0.2, 0.25) is 0 Å². The van der Waals surface area contributed by atoms with Crippen LogP contribution in [-0.4, -0.2) is 35.1 Å². The molecule has 1 aliphatic heterocycles. The van der Waals surface area contributed by atoms with Crippen molar-refractivity contribution in [1.29, 1.82) is 0 Å². The van der Waals surface area contributed by atoms with Crippen LogP contribution in [-0.2, 0) is 18.6 Å². The zero-order chi connectivity index (χ0) is 24.8. The second-order valence-corrected chi connectivity index (χ2v) is 10.1. The number of nitrogens with zero attached hydrogens (tertiary/aromatic N) is 1. The Morgan fingerprint density at radius 1 is 0.914 bits per heavy atom. The Hall–Kier alpha value is -3.31. The maximum Gasteiger partial charge on any atom is 0.257 e. The number of ether oxygens (including phenoxy) is 2. The molecule has 5 nitrogen and oxygen atoms in total. The summed E-state index contributed by atoms with van der Waals surface area (Å²) in [5.74, 6) is 1.10. The van der Waals surface area contributed by atoms with Crippen LogP contribution in [0.4, 0.5) is 0 Å². The average molecular weight is 474 g/mol. The molecule has 0 aromatic heterocycles. The molecule has 1 heterocycles. The molecule has 1 fully saturated rings. The largest absolute Gasteiger partial charge is 0.488 e. The van der Waals surface area contributed by atoms with Crippen molar-refractivity contribution in [2.45, 2.75) is 58.3 Å². The smallest absolute Gasteiger partial charge is 0.257 e. The molecule has 1 amide bonds. The molecule has 3 aromatic carbocycles. The fourth-order valence-electron chi connectivity index (χ4n) is 4.47. The molecule has 0 spiro atoms. The van der Waals surface area contributed by atoms with Crippen molar-refractivity contribution in [3.8, 4) is 11.5 Å². The van der Waals surface area contributed by atoms with Crippen molar-refractivity contribution >= 4 is 5.91 Å². The molecule has 5 heteroatoms. The van der Waals surface area contributed by atoms with Gasteiger partial charge in [0, 0.05) is 18.2 Å². The summed E-state index contributed by atoms with van der Waals surface area (Å²) < 4.78 is 12.5. The minimum absolute atomic E-state index is 0.0314. The summed E-state index contributed by atoms with van der Waals surface area (Å²) in [6.07, 6.45) is 1.70. The summed E-state index contributed by atoms with van der Waals surface area (Å²) >= 11 is 0. The first-order valence-corrected chi connectivity index (χ1v) is 12.3. The van der Waals surface area contributed by atoms with Crippen molar-refractivity contribution in [2.75, 3.05) is 13.2 Å². The van der Waals surface area contributed by atoms with Crippen molar-refractivity contribution in [1.82, 2.24) is 4.90 Å². The van der Waals surface area contributed by atoms with Crippen molar-refractivity contribution in [3.05, 3.63) is 95.1 Å². The van der Waals surface area contributed by atoms with E-state index in [0.29, 0.717) is 36.8 Å². The SMILES string of the molecule is CC(C)(C)c1cc(C(=O)N2CCCC2CO)c(OCc2ccccc2)cc1OCc1ccccc1. The van der Waals surface area contributed by atoms with Gasteiger partial charge >= 0.3 is 0 Å². The first kappa shape index (κ1) is 24.8. The fourth-order valence-corrected chi connectivity index (χ4v) is 4.47. The van der Waals surface area contributed by atoms with Crippen molar-refractivity contribution in [3.63, 3.8) is 0 Å². The molecule has 184 valence electrons. The number of benzene rings is 3. The summed E-state index contributed by atoms with van der Waals surface area (Å²) in [6, 6.07) is 23.6. The first-order chi connectivity index (χ1) is 16.9. The number of likely N-dealkylation sites (tertiary alicyclic amines) is 1. The number of rotatable bonds is 8. The van der Waals surface area contributed by atoms with E-state index < -0.39 is 0 Å². The second kappa shape index (κ2) is 11.0. The van der Waals surface area contributed by atoms with Crippen molar-refractivity contribution < 1.29 is 19.4 Å². The van der Waals surface area contributed by atoms with Crippen LogP contribution in [0.5, 0.6) is 11.5 Å². The Morgan fingerprint density at radius 2 is 1.49 bits per heavy atom. The third kappa shape index (κ3) is 6.04. The van der Waals surface area contributed by atoms with Crippen LogP contribution in [0, 0.1) is 0 Å². The number of aliphatic hydroxyl groups is 1. The van der Waals surface area contributed by atoms with E-state index in [-0.39, 0.29) is 24.0 Å². The van der Waals surface area contributed by atoms with E-state index in [9.17, 15) is 9.90 Å². The van der Waals surface area contributed by atoms with E-state index in [4.69, 9.17) is 9.47 Å². The summed E-state index contributed by atoms with van der Waals surface area (Å²) in [4.78, 5) is 15.5. The van der Waals surface area contributed by atoms with Gasteiger partial charge in [-0.05, 0) is 35.4 Å². The lowest BCUT2D eigenvalue weighted by atomic mass is 9.85. The third-order valence-electron chi connectivity index (χ3n) is 6.44. The lowest BCUT2D eigenvalue weighted by Crippen LogP contribution is -2.38. The van der Waals surface area contributed by atoms with Crippen LogP contribution in [0.15, 0.2) is 72.8 Å². The van der Waals surface area contributed by atoms with Gasteiger partial charge in [-0.15, -0.1) is 0 Å². The highest BCUT2D eigenvalue weighted by Crippen LogP contribution is 2.39. The lowest BCUT2D eigenvalue weighted by Gasteiger charge is -2.28. The van der Waals surface area contributed by atoms with Gasteiger partial charge in [-0.3, -0.25) is 4.79 Å². The Bertz CT molecular complexity index is 1120. The fraction of sp³-hybridized carbons (Fsp3) is 0.367. The van der Waals surface area contributed by atoms with Crippen LogP contribution in [0.1, 0.15) is 60.7 Å². The number of amides is 1. The summed E-state index contributed by atoms with van der Waals surface area (Å²) in [7, 11) is 0. The number of hydrogen-bond acceptors (Lipinski definition) is 4. The third-order valence-corrected chi connectivity index (χ3v) is 6.44. The number of aliphatic hydroxyl groups excluding tert-OH is 1. The Kier molecular flexibility index (Phi) is 7.76. The Balaban J connectivity index is 1.72. The van der Waals surface area contributed by atoms with Gasteiger partial charge in [0.15, 0.2) is 0 Å². The highest BCUT2D eigenvalue weighted by atomic mass is 16.5. The molecule has 1 atom stereocenters. The van der Waals surface area contributed by atoms with Crippen LogP contribution >= 0.6 is 0 Å². The van der Waals surface area contributed by atoms with Gasteiger partial charge in [-0.2, -0.15) is 0 Å². The van der Waals surface area contributed by atoms with E-state index >= 15 is 0 Å². The van der Waals surface area contributed by atoms with Gasteiger partial charge in [0.1, 0.15) is 24.7 Å². The monoisotopic (exact) mass is 473 g/mol. The molecule has 0 bridgehead atoms. The molecule has 0 aliphatic carbocycles. The summed E-state index contributed by atoms with van der Waals surface area (Å²) in [6.45, 7) is 7.72. The van der Waals surface area contributed by atoms with Gasteiger partial charge in [0.25, 0.3) is 5.91 Å². The topological polar surface area (TPSA) is 59.0 Å². The zero-order valence-electron chi connectivity index (χ0n) is 20.9. The second-order valence-electron chi connectivity index (χ2n) is 10.1. The van der Waals surface area contributed by atoms with Crippen LogP contribution in [0.25, 0.3) is 0 Å². The van der Waals surface area contributed by atoms with E-state index in [2.05, 4.69) is 20.8 Å². The standard InChI is InChI=1S/C30H35NO4/c1-30(2,3)26-17-25(29(33)31-16-10-15-24(31)19-32)27(34-20-22-11-6-4-7-12-22)18-28(26)35-21-23-13-8-5-9-14-23/h4-9,11-14,17-18,24,32H,10,15-16,19-21H2,1-3H3. The molecule has 1 aliphatic rings. The van der Waals surface area contributed by atoms with Gasteiger partial charge in [-0.25, -0.2) is 0 Å². The summed E-state index contributed by atoms with van der Waals surface area (Å²) in [5, 5.41) is 9.81. The van der Waals surface area contributed by atoms with E-state index in [1.807, 2.05) is 72.8 Å². The number of carbonyl (C=O) groups excluding carboxylic acids is 1. The first-order valence-electron chi connectivity index (χ1n) is 12.3. The molecule has 1 N–H and O–H groups in total. The molecule has 0 saturated carbocycles. The normalized spacial score (nSPS) is 15.8. The highest BCUT2D eigenvalue weighted by Gasteiger charge is 2.32. The van der Waals surface area contributed by atoms with E-state index in [1.165, 1.54) is 0 Å². The Morgan fingerprint density at radius 3 is 2.03 bits per heavy atom. The molecular formula is C30H35NO4. The maximum atomic E-state index is 13.7. The van der Waals surface area contributed by atoms with Crippen LogP contribution < -0.4 is 9.47 Å². The lowest BCUT2D eigenvalue weighted by molar-refractivity contribution is 0.0672. The van der Waals surface area contributed by atoms with E-state index in [0.717, 1.165) is 29.5 Å². The van der Waals surface area contributed by atoms with Crippen LogP contribution in [0.3, 0.4) is 0 Å². The molecule has 4 rings (SSSR count). The minimum Gasteiger partial charge on any atom is -0.488 e. The number of hydrogen-bond donors (Lipinski definition) is 1. The average Bonchev–Trinajstić information content (AvgIpc) is 3.35. The van der Waals surface area contributed by atoms with Crippen molar-refractivity contribution in [2.24, 2.45) is 0 Å². The summed E-state index contributed by atoms with van der Waals surface area (Å²) in [5.41, 5.74) is 3.30. The molecule has 35 heavy (non-hydrogen) atoms. The molecule has 0 radical (unpaired) electrons. The molecule has 3 aromatic rings. The zero-order valence-corrected chi connectivity index (χ0v) is 20.9. The van der Waals surface area contributed by atoms with Gasteiger partial charge in [0.05, 0.1) is 18.2 Å². The highest BCUT2D eigenvalue weighted by molar-refractivity contribution is 5.98. The maximum absolute atomic E-state index is 13.7. The minimum atomic E-state index is -0.250. The van der Waals surface area contributed by atoms with Gasteiger partial charge in [-0.1, -0.05) is 81.4 Å². The molecular weight excluding hydrogens is 438 g/mol. The van der Waals surface area contributed by atoms with E-state index in [1.54, 1.807) is 4.90 Å². The Labute approximate surface area is 208 Å². The molecule has 1 saturated heterocycles. The molecule has 1 unspecified atom stereocenters. The predicted octanol–water partition coefficient (Wildman–Crippen LogP) is 5.74. The number of carbonyl (C=O) groups is 1.